The summed E-state index contributed by atoms with van der Waals surface area (Å²) >= 11 is 0. The molecule has 0 spiro atoms. The zero-order valence-corrected chi connectivity index (χ0v) is 10.1. The second kappa shape index (κ2) is 6.90. The number of rotatable bonds is 7. The summed E-state index contributed by atoms with van der Waals surface area (Å²) < 4.78 is 0. The van der Waals surface area contributed by atoms with Crippen molar-refractivity contribution in [3.8, 4) is 0 Å². The number of nitrogen functional groups attached to an aromatic ring is 1. The third kappa shape index (κ3) is 4.44. The van der Waals surface area contributed by atoms with Crippen LogP contribution in [0.1, 0.15) is 36.7 Å². The van der Waals surface area contributed by atoms with Gasteiger partial charge in [-0.2, -0.15) is 5.10 Å². The van der Waals surface area contributed by atoms with Crippen molar-refractivity contribution in [3.63, 3.8) is 0 Å². The number of nitrogens with zero attached hydrogens (tertiary/aromatic N) is 1. The zero-order valence-electron chi connectivity index (χ0n) is 10.1. The van der Waals surface area contributed by atoms with Gasteiger partial charge in [-0.3, -0.25) is 9.89 Å². The van der Waals surface area contributed by atoms with Gasteiger partial charge < -0.3 is 16.2 Å². The molecule has 0 saturated carbocycles. The molecule has 5 N–H and O–H groups in total. The number of aromatic nitrogens is 2. The van der Waals surface area contributed by atoms with E-state index in [2.05, 4.69) is 22.4 Å². The van der Waals surface area contributed by atoms with Gasteiger partial charge in [-0.15, -0.1) is 0 Å². The number of hydrogen-bond donors (Lipinski definition) is 4. The molecule has 17 heavy (non-hydrogen) atoms. The van der Waals surface area contributed by atoms with E-state index in [1.165, 1.54) is 6.07 Å². The van der Waals surface area contributed by atoms with Gasteiger partial charge >= 0.3 is 0 Å². The molecule has 0 aliphatic heterocycles. The Kier molecular flexibility index (Phi) is 5.48. The molecule has 0 bridgehead atoms. The molecule has 6 nitrogen and oxygen atoms in total. The number of aliphatic hydroxyl groups is 1. The Morgan fingerprint density at radius 3 is 2.94 bits per heavy atom. The first-order chi connectivity index (χ1) is 8.17. The molecule has 1 unspecified atom stereocenters. The van der Waals surface area contributed by atoms with Crippen LogP contribution in [0.2, 0.25) is 0 Å². The first-order valence-electron chi connectivity index (χ1n) is 5.87. The number of hydrogen-bond acceptors (Lipinski definition) is 4. The number of aliphatic hydroxyl groups excluding tert-OH is 1. The van der Waals surface area contributed by atoms with Crippen LogP contribution in [0, 0.1) is 5.92 Å². The molecule has 1 aromatic rings. The van der Waals surface area contributed by atoms with E-state index < -0.39 is 0 Å². The molecule has 0 saturated heterocycles. The average molecular weight is 240 g/mol. The Bertz CT molecular complexity index is 345. The van der Waals surface area contributed by atoms with E-state index in [0.717, 1.165) is 12.8 Å². The summed E-state index contributed by atoms with van der Waals surface area (Å²) in [5.74, 6) is 0.401. The van der Waals surface area contributed by atoms with E-state index in [1.807, 2.05) is 0 Å². The summed E-state index contributed by atoms with van der Waals surface area (Å²) in [5.41, 5.74) is 5.78. The summed E-state index contributed by atoms with van der Waals surface area (Å²) in [7, 11) is 0. The maximum atomic E-state index is 11.7. The van der Waals surface area contributed by atoms with Crippen LogP contribution in [-0.2, 0) is 0 Å². The Morgan fingerprint density at radius 2 is 2.41 bits per heavy atom. The van der Waals surface area contributed by atoms with Crippen molar-refractivity contribution in [1.29, 1.82) is 0 Å². The molecular weight excluding hydrogens is 220 g/mol. The van der Waals surface area contributed by atoms with Gasteiger partial charge in [0.1, 0.15) is 11.5 Å². The van der Waals surface area contributed by atoms with Gasteiger partial charge in [0, 0.05) is 19.2 Å². The van der Waals surface area contributed by atoms with Crippen LogP contribution in [-0.4, -0.2) is 34.4 Å². The van der Waals surface area contributed by atoms with Gasteiger partial charge in [-0.1, -0.05) is 13.3 Å². The lowest BCUT2D eigenvalue weighted by molar-refractivity contribution is 0.0938. The van der Waals surface area contributed by atoms with Crippen LogP contribution in [0.3, 0.4) is 0 Å². The normalized spacial score (nSPS) is 12.4. The molecule has 0 aliphatic rings. The number of nitrogens with two attached hydrogens (primary N) is 1. The number of amides is 1. The van der Waals surface area contributed by atoms with Crippen molar-refractivity contribution < 1.29 is 9.90 Å². The van der Waals surface area contributed by atoms with Gasteiger partial charge in [-0.05, 0) is 18.8 Å². The van der Waals surface area contributed by atoms with Gasteiger partial charge in [-0.25, -0.2) is 0 Å². The monoisotopic (exact) mass is 240 g/mol. The van der Waals surface area contributed by atoms with Crippen LogP contribution in [0.5, 0.6) is 0 Å². The van der Waals surface area contributed by atoms with Gasteiger partial charge in [0.05, 0.1) is 0 Å². The smallest absolute Gasteiger partial charge is 0.269 e. The van der Waals surface area contributed by atoms with Crippen LogP contribution in [0.4, 0.5) is 5.82 Å². The molecule has 0 radical (unpaired) electrons. The number of H-pyrrole nitrogens is 1. The number of nitrogens with one attached hydrogen (secondary N) is 2. The molecule has 1 rings (SSSR count). The van der Waals surface area contributed by atoms with Crippen LogP contribution in [0.25, 0.3) is 0 Å². The maximum Gasteiger partial charge on any atom is 0.269 e. The van der Waals surface area contributed by atoms with E-state index in [-0.39, 0.29) is 12.5 Å². The quantitative estimate of drug-likeness (QED) is 0.557. The highest BCUT2D eigenvalue weighted by atomic mass is 16.3. The molecule has 0 fully saturated rings. The Balaban J connectivity index is 2.40. The minimum absolute atomic E-state index is 0.150. The number of carbonyl (C=O) groups excluding carboxylic acids is 1. The highest BCUT2D eigenvalue weighted by Crippen LogP contribution is 2.09. The fourth-order valence-electron chi connectivity index (χ4n) is 1.73. The lowest BCUT2D eigenvalue weighted by Gasteiger charge is -2.15. The Morgan fingerprint density at radius 1 is 1.65 bits per heavy atom. The van der Waals surface area contributed by atoms with Crippen molar-refractivity contribution in [3.05, 3.63) is 11.8 Å². The molecule has 0 aliphatic carbocycles. The molecule has 6 heteroatoms. The SMILES string of the molecule is CCCC(CCO)CNC(=O)c1cc(N)n[nH]1. The minimum atomic E-state index is -0.215. The van der Waals surface area contributed by atoms with Crippen molar-refractivity contribution in [2.75, 3.05) is 18.9 Å². The molecule has 0 aromatic carbocycles. The average Bonchev–Trinajstić information content (AvgIpc) is 2.73. The third-order valence-electron chi connectivity index (χ3n) is 2.63. The van der Waals surface area contributed by atoms with E-state index >= 15 is 0 Å². The molecular formula is C11H20N4O2. The summed E-state index contributed by atoms with van der Waals surface area (Å²) in [6.07, 6.45) is 2.74. The lowest BCUT2D eigenvalue weighted by atomic mass is 10.0. The zero-order chi connectivity index (χ0) is 12.7. The lowest BCUT2D eigenvalue weighted by Crippen LogP contribution is -2.30. The Hall–Kier alpha value is -1.56. The van der Waals surface area contributed by atoms with Crippen molar-refractivity contribution in [1.82, 2.24) is 15.5 Å². The predicted molar refractivity (Wildman–Crippen MR) is 65.4 cm³/mol. The van der Waals surface area contributed by atoms with Crippen molar-refractivity contribution >= 4 is 11.7 Å². The van der Waals surface area contributed by atoms with Gasteiger partial charge in [0.25, 0.3) is 5.91 Å². The van der Waals surface area contributed by atoms with Crippen LogP contribution >= 0.6 is 0 Å². The predicted octanol–water partition coefficient (Wildman–Crippen LogP) is 0.520. The summed E-state index contributed by atoms with van der Waals surface area (Å²) in [6.45, 7) is 2.80. The highest BCUT2D eigenvalue weighted by Gasteiger charge is 2.12. The van der Waals surface area contributed by atoms with Crippen molar-refractivity contribution in [2.45, 2.75) is 26.2 Å². The summed E-state index contributed by atoms with van der Waals surface area (Å²) in [4.78, 5) is 11.7. The molecule has 1 amide bonds. The van der Waals surface area contributed by atoms with E-state index in [9.17, 15) is 4.79 Å². The molecule has 96 valence electrons. The first kappa shape index (κ1) is 13.5. The van der Waals surface area contributed by atoms with E-state index in [0.29, 0.717) is 30.4 Å². The van der Waals surface area contributed by atoms with Crippen LogP contribution < -0.4 is 11.1 Å². The van der Waals surface area contributed by atoms with Crippen molar-refractivity contribution in [2.24, 2.45) is 5.92 Å². The second-order valence-corrected chi connectivity index (χ2v) is 4.08. The van der Waals surface area contributed by atoms with Crippen LogP contribution in [0.15, 0.2) is 6.07 Å². The third-order valence-corrected chi connectivity index (χ3v) is 2.63. The minimum Gasteiger partial charge on any atom is -0.396 e. The first-order valence-corrected chi connectivity index (χ1v) is 5.87. The van der Waals surface area contributed by atoms with E-state index in [4.69, 9.17) is 10.8 Å². The number of anilines is 1. The standard InChI is InChI=1S/C11H20N4O2/c1-2-3-8(4-5-16)7-13-11(17)9-6-10(12)15-14-9/h6,8,16H,2-5,7H2,1H3,(H,13,17)(H3,12,14,15). The van der Waals surface area contributed by atoms with Gasteiger partial charge in [0.15, 0.2) is 0 Å². The van der Waals surface area contributed by atoms with Gasteiger partial charge in [0.2, 0.25) is 0 Å². The molecule has 1 atom stereocenters. The second-order valence-electron chi connectivity index (χ2n) is 4.08. The molecule has 1 heterocycles. The number of aromatic amines is 1. The topological polar surface area (TPSA) is 104 Å². The maximum absolute atomic E-state index is 11.7. The Labute approximate surface area is 101 Å². The highest BCUT2D eigenvalue weighted by molar-refractivity contribution is 5.92. The fourth-order valence-corrected chi connectivity index (χ4v) is 1.73. The van der Waals surface area contributed by atoms with E-state index in [1.54, 1.807) is 0 Å². The summed E-state index contributed by atoms with van der Waals surface area (Å²) in [5, 5.41) is 18.0. The number of carbonyl (C=O) groups is 1. The largest absolute Gasteiger partial charge is 0.396 e. The molecule has 1 aromatic heterocycles. The summed E-state index contributed by atoms with van der Waals surface area (Å²) in [6, 6.07) is 1.50. The fraction of sp³-hybridized carbons (Fsp3) is 0.636.